The lowest BCUT2D eigenvalue weighted by Gasteiger charge is -2.15. The van der Waals surface area contributed by atoms with Gasteiger partial charge in [-0.15, -0.1) is 10.2 Å². The van der Waals surface area contributed by atoms with E-state index in [2.05, 4.69) is 19.8 Å². The summed E-state index contributed by atoms with van der Waals surface area (Å²) in [7, 11) is -2.31. The van der Waals surface area contributed by atoms with Crippen molar-refractivity contribution in [2.75, 3.05) is 29.8 Å². The van der Waals surface area contributed by atoms with Gasteiger partial charge in [0, 0.05) is 24.3 Å². The van der Waals surface area contributed by atoms with Crippen molar-refractivity contribution in [3.63, 3.8) is 0 Å². The number of nitrogens with zero attached hydrogens (tertiary/aromatic N) is 3. The zero-order valence-electron chi connectivity index (χ0n) is 16.1. The van der Waals surface area contributed by atoms with Crippen molar-refractivity contribution < 1.29 is 13.2 Å². The Morgan fingerprint density at radius 3 is 2.31 bits per heavy atom. The van der Waals surface area contributed by atoms with Crippen LogP contribution in [0.4, 0.5) is 11.5 Å². The van der Waals surface area contributed by atoms with Crippen LogP contribution >= 0.6 is 0 Å². The lowest BCUT2D eigenvalue weighted by atomic mass is 10.1. The van der Waals surface area contributed by atoms with Crippen LogP contribution in [0.3, 0.4) is 0 Å². The second-order valence-electron chi connectivity index (χ2n) is 6.80. The predicted molar refractivity (Wildman–Crippen MR) is 113 cm³/mol. The van der Waals surface area contributed by atoms with Gasteiger partial charge in [-0.3, -0.25) is 4.72 Å². The van der Waals surface area contributed by atoms with Crippen LogP contribution in [0.5, 0.6) is 5.75 Å². The first-order valence-electron chi connectivity index (χ1n) is 9.42. The molecule has 0 unspecified atom stereocenters. The summed E-state index contributed by atoms with van der Waals surface area (Å²) in [4.78, 5) is 2.32. The molecular weight excluding hydrogens is 388 g/mol. The number of ether oxygens (including phenoxy) is 1. The Labute approximate surface area is 170 Å². The number of anilines is 2. The maximum Gasteiger partial charge on any atom is 0.265 e. The van der Waals surface area contributed by atoms with Gasteiger partial charge in [0.15, 0.2) is 5.82 Å². The molecule has 1 aliphatic rings. The van der Waals surface area contributed by atoms with Gasteiger partial charge in [-0.1, -0.05) is 24.3 Å². The molecule has 0 bridgehead atoms. The second-order valence-corrected chi connectivity index (χ2v) is 8.46. The standard InChI is InChI=1S/C21H22N4O3S/c1-28-19-6-2-3-7-20(19)29(26,27)24-17-10-8-16(9-11-17)18-12-13-21(23-22-18)25-14-4-5-15-25/h2-3,6-13,24H,4-5,14-15H2,1H3. The van der Waals surface area contributed by atoms with Crippen LogP contribution in [-0.2, 0) is 10.0 Å². The van der Waals surface area contributed by atoms with Crippen LogP contribution < -0.4 is 14.4 Å². The molecule has 2 heterocycles. The molecule has 4 rings (SSSR count). The Kier molecular flexibility index (Phi) is 5.35. The fraction of sp³-hybridized carbons (Fsp3) is 0.238. The van der Waals surface area contributed by atoms with Crippen molar-refractivity contribution in [1.29, 1.82) is 0 Å². The minimum Gasteiger partial charge on any atom is -0.495 e. The summed E-state index contributed by atoms with van der Waals surface area (Å²) in [6, 6.07) is 17.5. The normalized spacial score (nSPS) is 14.0. The number of benzene rings is 2. The van der Waals surface area contributed by atoms with E-state index in [0.717, 1.165) is 30.2 Å². The van der Waals surface area contributed by atoms with Gasteiger partial charge in [0.2, 0.25) is 0 Å². The monoisotopic (exact) mass is 410 g/mol. The van der Waals surface area contributed by atoms with E-state index in [1.165, 1.54) is 26.0 Å². The summed E-state index contributed by atoms with van der Waals surface area (Å²) in [5.74, 6) is 1.19. The molecule has 0 amide bonds. The number of para-hydroxylation sites is 1. The van der Waals surface area contributed by atoms with Gasteiger partial charge in [0.25, 0.3) is 10.0 Å². The molecule has 0 saturated carbocycles. The molecule has 8 heteroatoms. The molecule has 1 N–H and O–H groups in total. The van der Waals surface area contributed by atoms with E-state index in [1.807, 2.05) is 24.3 Å². The zero-order chi connectivity index (χ0) is 20.3. The van der Waals surface area contributed by atoms with Crippen LogP contribution in [0.1, 0.15) is 12.8 Å². The highest BCUT2D eigenvalue weighted by Crippen LogP contribution is 2.27. The average Bonchev–Trinajstić information content (AvgIpc) is 3.29. The SMILES string of the molecule is COc1ccccc1S(=O)(=O)Nc1ccc(-c2ccc(N3CCCC3)nn2)cc1. The first-order chi connectivity index (χ1) is 14.1. The molecule has 0 spiro atoms. The third-order valence-electron chi connectivity index (χ3n) is 4.87. The van der Waals surface area contributed by atoms with E-state index < -0.39 is 10.0 Å². The third kappa shape index (κ3) is 4.17. The third-order valence-corrected chi connectivity index (χ3v) is 6.29. The highest BCUT2D eigenvalue weighted by atomic mass is 32.2. The van der Waals surface area contributed by atoms with Crippen molar-refractivity contribution in [3.8, 4) is 17.0 Å². The van der Waals surface area contributed by atoms with Crippen LogP contribution in [0.25, 0.3) is 11.3 Å². The molecule has 0 atom stereocenters. The van der Waals surface area contributed by atoms with E-state index >= 15 is 0 Å². The number of hydrogen-bond acceptors (Lipinski definition) is 6. The van der Waals surface area contributed by atoms with Crippen LogP contribution in [-0.4, -0.2) is 38.8 Å². The lowest BCUT2D eigenvalue weighted by molar-refractivity contribution is 0.403. The summed E-state index contributed by atoms with van der Waals surface area (Å²) in [5, 5.41) is 8.65. The van der Waals surface area contributed by atoms with Gasteiger partial charge in [-0.2, -0.15) is 0 Å². The van der Waals surface area contributed by atoms with Gasteiger partial charge in [-0.05, 0) is 49.2 Å². The summed E-state index contributed by atoms with van der Waals surface area (Å²) in [6.07, 6.45) is 2.38. The number of rotatable bonds is 6. The van der Waals surface area contributed by atoms with Gasteiger partial charge >= 0.3 is 0 Å². The zero-order valence-corrected chi connectivity index (χ0v) is 16.9. The minimum atomic E-state index is -3.76. The number of methoxy groups -OCH3 is 1. The maximum atomic E-state index is 12.7. The van der Waals surface area contributed by atoms with Gasteiger partial charge in [0.05, 0.1) is 12.8 Å². The van der Waals surface area contributed by atoms with Crippen LogP contribution in [0.2, 0.25) is 0 Å². The molecular formula is C21H22N4O3S. The molecule has 0 radical (unpaired) electrons. The number of nitrogens with one attached hydrogen (secondary N) is 1. The van der Waals surface area contributed by atoms with Crippen molar-refractivity contribution in [1.82, 2.24) is 10.2 Å². The van der Waals surface area contributed by atoms with E-state index in [9.17, 15) is 8.42 Å². The minimum absolute atomic E-state index is 0.0925. The van der Waals surface area contributed by atoms with E-state index in [0.29, 0.717) is 11.4 Å². The van der Waals surface area contributed by atoms with E-state index in [4.69, 9.17) is 4.74 Å². The molecule has 2 aromatic carbocycles. The van der Waals surface area contributed by atoms with Crippen LogP contribution in [0, 0.1) is 0 Å². The molecule has 1 fully saturated rings. The number of aromatic nitrogens is 2. The van der Waals surface area contributed by atoms with E-state index in [1.54, 1.807) is 30.3 Å². The summed E-state index contributed by atoms with van der Waals surface area (Å²) < 4.78 is 33.1. The number of hydrogen-bond donors (Lipinski definition) is 1. The maximum absolute atomic E-state index is 12.7. The Bertz CT molecular complexity index is 1080. The largest absolute Gasteiger partial charge is 0.495 e. The average molecular weight is 410 g/mol. The molecule has 1 saturated heterocycles. The van der Waals surface area contributed by atoms with Gasteiger partial charge in [-0.25, -0.2) is 8.42 Å². The lowest BCUT2D eigenvalue weighted by Crippen LogP contribution is -2.19. The fourth-order valence-electron chi connectivity index (χ4n) is 3.35. The molecule has 1 aliphatic heterocycles. The van der Waals surface area contributed by atoms with Crippen molar-refractivity contribution in [2.24, 2.45) is 0 Å². The Morgan fingerprint density at radius 1 is 0.931 bits per heavy atom. The molecule has 150 valence electrons. The molecule has 1 aromatic heterocycles. The Morgan fingerprint density at radius 2 is 1.66 bits per heavy atom. The fourth-order valence-corrected chi connectivity index (χ4v) is 4.58. The van der Waals surface area contributed by atoms with Gasteiger partial charge < -0.3 is 9.64 Å². The first kappa shape index (κ1) is 19.2. The predicted octanol–water partition coefficient (Wildman–Crippen LogP) is 3.55. The quantitative estimate of drug-likeness (QED) is 0.669. The summed E-state index contributed by atoms with van der Waals surface area (Å²) in [6.45, 7) is 2.05. The second kappa shape index (κ2) is 8.08. The van der Waals surface area contributed by atoms with Crippen molar-refractivity contribution >= 4 is 21.5 Å². The topological polar surface area (TPSA) is 84.4 Å². The van der Waals surface area contributed by atoms with E-state index in [-0.39, 0.29) is 4.90 Å². The molecule has 7 nitrogen and oxygen atoms in total. The molecule has 3 aromatic rings. The number of sulfonamides is 1. The highest BCUT2D eigenvalue weighted by molar-refractivity contribution is 7.92. The first-order valence-corrected chi connectivity index (χ1v) is 10.9. The van der Waals surface area contributed by atoms with Gasteiger partial charge in [0.1, 0.15) is 10.6 Å². The Balaban J connectivity index is 1.50. The summed E-state index contributed by atoms with van der Waals surface area (Å²) in [5.41, 5.74) is 2.07. The van der Waals surface area contributed by atoms with Crippen molar-refractivity contribution in [3.05, 3.63) is 60.7 Å². The Hall–Kier alpha value is -3.13. The summed E-state index contributed by atoms with van der Waals surface area (Å²) >= 11 is 0. The molecule has 29 heavy (non-hydrogen) atoms. The van der Waals surface area contributed by atoms with Crippen LogP contribution in [0.15, 0.2) is 65.6 Å². The highest BCUT2D eigenvalue weighted by Gasteiger charge is 2.19. The van der Waals surface area contributed by atoms with Crippen molar-refractivity contribution in [2.45, 2.75) is 17.7 Å². The molecule has 0 aliphatic carbocycles. The smallest absolute Gasteiger partial charge is 0.265 e.